The Morgan fingerprint density at radius 3 is 2.46 bits per heavy atom. The molecule has 26 heavy (non-hydrogen) atoms. The summed E-state index contributed by atoms with van der Waals surface area (Å²) in [5.74, 6) is 0.852. The fourth-order valence-corrected chi connectivity index (χ4v) is 3.27. The van der Waals surface area contributed by atoms with Gasteiger partial charge in [-0.2, -0.15) is 0 Å². The largest absolute Gasteiger partial charge is 0.365 e. The molecule has 0 amide bonds. The van der Waals surface area contributed by atoms with E-state index in [0.717, 1.165) is 22.7 Å². The minimum absolute atomic E-state index is 0.494. The van der Waals surface area contributed by atoms with E-state index in [1.54, 1.807) is 6.07 Å². The summed E-state index contributed by atoms with van der Waals surface area (Å²) >= 11 is 18.5. The number of imidazole rings is 1. The van der Waals surface area contributed by atoms with Crippen molar-refractivity contribution in [2.75, 3.05) is 5.32 Å². The topological polar surface area (TPSA) is 29.3 Å². The van der Waals surface area contributed by atoms with Gasteiger partial charge in [-0.25, -0.2) is 4.98 Å². The van der Waals surface area contributed by atoms with Crippen molar-refractivity contribution in [3.05, 3.63) is 87.5 Å². The Labute approximate surface area is 166 Å². The normalized spacial score (nSPS) is 11.0. The molecule has 0 aliphatic rings. The number of hydrogen-bond acceptors (Lipinski definition) is 2. The van der Waals surface area contributed by atoms with Gasteiger partial charge in [0.2, 0.25) is 0 Å². The van der Waals surface area contributed by atoms with Crippen molar-refractivity contribution in [2.45, 2.75) is 6.54 Å². The molecule has 3 nitrogen and oxygen atoms in total. The Morgan fingerprint density at radius 2 is 1.69 bits per heavy atom. The molecule has 0 atom stereocenters. The Bertz CT molecular complexity index is 1070. The first-order chi connectivity index (χ1) is 12.6. The van der Waals surface area contributed by atoms with Gasteiger partial charge in [0.1, 0.15) is 17.2 Å². The van der Waals surface area contributed by atoms with Crippen LogP contribution in [0.25, 0.3) is 16.9 Å². The molecule has 2 heterocycles. The van der Waals surface area contributed by atoms with Crippen LogP contribution in [-0.2, 0) is 6.54 Å². The SMILES string of the molecule is Clc1ccc2nc(-c3ccc(Cl)c(Cl)c3)c(NCc3ccccc3)n2c1. The van der Waals surface area contributed by atoms with E-state index in [-0.39, 0.29) is 0 Å². The van der Waals surface area contributed by atoms with Crippen LogP contribution in [0, 0.1) is 0 Å². The van der Waals surface area contributed by atoms with Crippen LogP contribution >= 0.6 is 34.8 Å². The van der Waals surface area contributed by atoms with Gasteiger partial charge in [-0.05, 0) is 29.8 Å². The molecule has 4 aromatic rings. The molecule has 0 fully saturated rings. The highest BCUT2D eigenvalue weighted by Crippen LogP contribution is 2.33. The first-order valence-corrected chi connectivity index (χ1v) is 9.16. The molecule has 1 N–H and O–H groups in total. The minimum Gasteiger partial charge on any atom is -0.365 e. The van der Waals surface area contributed by atoms with E-state index in [2.05, 4.69) is 17.4 Å². The molecular formula is C20H14Cl3N3. The zero-order valence-electron chi connectivity index (χ0n) is 13.6. The Kier molecular flexibility index (Phi) is 4.77. The van der Waals surface area contributed by atoms with Crippen molar-refractivity contribution in [1.82, 2.24) is 9.38 Å². The summed E-state index contributed by atoms with van der Waals surface area (Å²) in [5.41, 5.74) is 3.65. The second-order valence-electron chi connectivity index (χ2n) is 5.85. The number of anilines is 1. The molecule has 0 spiro atoms. The fraction of sp³-hybridized carbons (Fsp3) is 0.0500. The van der Waals surface area contributed by atoms with Crippen molar-refractivity contribution < 1.29 is 0 Å². The highest BCUT2D eigenvalue weighted by Gasteiger charge is 2.15. The summed E-state index contributed by atoms with van der Waals surface area (Å²) in [6.45, 7) is 0.662. The zero-order chi connectivity index (χ0) is 18.1. The smallest absolute Gasteiger partial charge is 0.139 e. The van der Waals surface area contributed by atoms with Crippen LogP contribution < -0.4 is 5.32 Å². The highest BCUT2D eigenvalue weighted by molar-refractivity contribution is 6.42. The average molecular weight is 403 g/mol. The maximum Gasteiger partial charge on any atom is 0.139 e. The third kappa shape index (κ3) is 3.38. The van der Waals surface area contributed by atoms with Crippen LogP contribution in [0.15, 0.2) is 66.9 Å². The molecular weight excluding hydrogens is 389 g/mol. The minimum atomic E-state index is 0.494. The molecule has 0 bridgehead atoms. The predicted molar refractivity (Wildman–Crippen MR) is 109 cm³/mol. The molecule has 0 saturated heterocycles. The highest BCUT2D eigenvalue weighted by atomic mass is 35.5. The number of nitrogens with zero attached hydrogens (tertiary/aromatic N) is 2. The van der Waals surface area contributed by atoms with Gasteiger partial charge in [0.05, 0.1) is 15.1 Å². The van der Waals surface area contributed by atoms with E-state index >= 15 is 0 Å². The number of hydrogen-bond donors (Lipinski definition) is 1. The summed E-state index contributed by atoms with van der Waals surface area (Å²) in [6.07, 6.45) is 1.85. The molecule has 4 rings (SSSR count). The Morgan fingerprint density at radius 1 is 0.885 bits per heavy atom. The van der Waals surface area contributed by atoms with Crippen molar-refractivity contribution in [1.29, 1.82) is 0 Å². The number of aromatic nitrogens is 2. The van der Waals surface area contributed by atoms with Crippen molar-refractivity contribution in [3.63, 3.8) is 0 Å². The van der Waals surface area contributed by atoms with Gasteiger partial charge in [0.25, 0.3) is 0 Å². The third-order valence-electron chi connectivity index (χ3n) is 4.08. The van der Waals surface area contributed by atoms with Crippen LogP contribution in [0.4, 0.5) is 5.82 Å². The molecule has 2 aromatic carbocycles. The summed E-state index contributed by atoms with van der Waals surface area (Å²) < 4.78 is 1.95. The van der Waals surface area contributed by atoms with Crippen LogP contribution in [0.2, 0.25) is 15.1 Å². The number of halogens is 3. The Hall–Kier alpha value is -2.20. The van der Waals surface area contributed by atoms with Crippen molar-refractivity contribution in [2.24, 2.45) is 0 Å². The van der Waals surface area contributed by atoms with E-state index in [4.69, 9.17) is 39.8 Å². The standard InChI is InChI=1S/C20H14Cl3N3/c21-15-7-9-18-25-19(14-6-8-16(22)17(23)10-14)20(26(18)12-15)24-11-13-4-2-1-3-5-13/h1-10,12,24H,11H2. The fourth-order valence-electron chi connectivity index (χ4n) is 2.81. The number of fused-ring (bicyclic) bond motifs is 1. The predicted octanol–water partition coefficient (Wildman–Crippen LogP) is 6.57. The second kappa shape index (κ2) is 7.20. The second-order valence-corrected chi connectivity index (χ2v) is 7.10. The lowest BCUT2D eigenvalue weighted by Crippen LogP contribution is -2.03. The maximum atomic E-state index is 6.20. The van der Waals surface area contributed by atoms with E-state index in [9.17, 15) is 0 Å². The van der Waals surface area contributed by atoms with Crippen LogP contribution in [0.5, 0.6) is 0 Å². The monoisotopic (exact) mass is 401 g/mol. The van der Waals surface area contributed by atoms with Crippen molar-refractivity contribution in [3.8, 4) is 11.3 Å². The van der Waals surface area contributed by atoms with Gasteiger partial charge in [0.15, 0.2) is 0 Å². The van der Waals surface area contributed by atoms with Gasteiger partial charge in [-0.3, -0.25) is 4.40 Å². The van der Waals surface area contributed by atoms with Gasteiger partial charge in [-0.1, -0.05) is 71.2 Å². The number of benzene rings is 2. The molecule has 0 aliphatic carbocycles. The molecule has 2 aromatic heterocycles. The lowest BCUT2D eigenvalue weighted by atomic mass is 10.1. The molecule has 0 unspecified atom stereocenters. The number of rotatable bonds is 4. The first kappa shape index (κ1) is 17.2. The maximum absolute atomic E-state index is 6.20. The number of nitrogens with one attached hydrogen (secondary N) is 1. The summed E-state index contributed by atoms with van der Waals surface area (Å²) in [6, 6.07) is 19.4. The quantitative estimate of drug-likeness (QED) is 0.418. The van der Waals surface area contributed by atoms with Crippen molar-refractivity contribution >= 4 is 46.3 Å². The van der Waals surface area contributed by atoms with Gasteiger partial charge >= 0.3 is 0 Å². The third-order valence-corrected chi connectivity index (χ3v) is 5.04. The zero-order valence-corrected chi connectivity index (χ0v) is 15.9. The summed E-state index contributed by atoms with van der Waals surface area (Å²) in [4.78, 5) is 4.75. The molecule has 0 saturated carbocycles. The number of pyridine rings is 1. The molecule has 6 heteroatoms. The average Bonchev–Trinajstić information content (AvgIpc) is 3.01. The summed E-state index contributed by atoms with van der Waals surface area (Å²) in [5, 5.41) is 5.12. The van der Waals surface area contributed by atoms with Crippen LogP contribution in [0.3, 0.4) is 0 Å². The van der Waals surface area contributed by atoms with E-state index in [1.807, 2.05) is 53.1 Å². The molecule has 0 aliphatic heterocycles. The lowest BCUT2D eigenvalue weighted by molar-refractivity contribution is 1.08. The van der Waals surface area contributed by atoms with Crippen LogP contribution in [0.1, 0.15) is 5.56 Å². The van der Waals surface area contributed by atoms with Gasteiger partial charge < -0.3 is 5.32 Å². The van der Waals surface area contributed by atoms with E-state index < -0.39 is 0 Å². The van der Waals surface area contributed by atoms with Gasteiger partial charge in [-0.15, -0.1) is 0 Å². The van der Waals surface area contributed by atoms with E-state index in [1.165, 1.54) is 5.56 Å². The molecule has 130 valence electrons. The van der Waals surface area contributed by atoms with E-state index in [0.29, 0.717) is 21.6 Å². The van der Waals surface area contributed by atoms with Crippen LogP contribution in [-0.4, -0.2) is 9.38 Å². The lowest BCUT2D eigenvalue weighted by Gasteiger charge is -2.10. The summed E-state index contributed by atoms with van der Waals surface area (Å²) in [7, 11) is 0. The first-order valence-electron chi connectivity index (χ1n) is 8.02. The Balaban J connectivity index is 1.82. The molecule has 0 radical (unpaired) electrons. The van der Waals surface area contributed by atoms with Gasteiger partial charge in [0, 0.05) is 18.3 Å².